The Morgan fingerprint density at radius 1 is 1.14 bits per heavy atom. The lowest BCUT2D eigenvalue weighted by Gasteiger charge is -2.35. The lowest BCUT2D eigenvalue weighted by Crippen LogP contribution is -2.49. The van der Waals surface area contributed by atoms with E-state index in [1.807, 2.05) is 0 Å². The van der Waals surface area contributed by atoms with E-state index in [2.05, 4.69) is 9.80 Å². The van der Waals surface area contributed by atoms with Crippen LogP contribution in [0.2, 0.25) is 0 Å². The molecule has 0 spiro atoms. The van der Waals surface area contributed by atoms with Crippen molar-refractivity contribution in [1.82, 2.24) is 9.80 Å². The fourth-order valence-electron chi connectivity index (χ4n) is 2.11. The second-order valence-corrected chi connectivity index (χ2v) is 4.40. The molecule has 14 heavy (non-hydrogen) atoms. The summed E-state index contributed by atoms with van der Waals surface area (Å²) < 4.78 is 0. The quantitative estimate of drug-likeness (QED) is 0.619. The number of hydrogen-bond acceptors (Lipinski definition) is 4. The molecule has 1 heterocycles. The van der Waals surface area contributed by atoms with Gasteiger partial charge in [-0.1, -0.05) is 0 Å². The fourth-order valence-corrected chi connectivity index (χ4v) is 2.11. The zero-order chi connectivity index (χ0) is 9.97. The molecule has 1 aliphatic carbocycles. The maximum Gasteiger partial charge on any atom is 0.0897 e. The van der Waals surface area contributed by atoms with Gasteiger partial charge in [0.2, 0.25) is 0 Å². The summed E-state index contributed by atoms with van der Waals surface area (Å²) in [6.45, 7) is 4.82. The summed E-state index contributed by atoms with van der Waals surface area (Å²) in [5.41, 5.74) is 0. The average Bonchev–Trinajstić information content (AvgIpc) is 3.02. The third-order valence-electron chi connectivity index (χ3n) is 3.15. The molecule has 82 valence electrons. The Balaban J connectivity index is 1.67. The van der Waals surface area contributed by atoms with Gasteiger partial charge in [-0.15, -0.1) is 0 Å². The van der Waals surface area contributed by atoms with E-state index < -0.39 is 6.10 Å². The lowest BCUT2D eigenvalue weighted by atomic mass is 10.2. The van der Waals surface area contributed by atoms with Gasteiger partial charge in [0.25, 0.3) is 0 Å². The third kappa shape index (κ3) is 2.67. The summed E-state index contributed by atoms with van der Waals surface area (Å²) in [5.74, 6) is 0. The Hall–Kier alpha value is -0.160. The van der Waals surface area contributed by atoms with Crippen molar-refractivity contribution in [2.75, 3.05) is 39.3 Å². The van der Waals surface area contributed by atoms with Gasteiger partial charge in [0, 0.05) is 38.8 Å². The highest BCUT2D eigenvalue weighted by Crippen LogP contribution is 2.27. The maximum atomic E-state index is 9.29. The van der Waals surface area contributed by atoms with E-state index in [9.17, 15) is 5.11 Å². The second-order valence-electron chi connectivity index (χ2n) is 4.40. The molecule has 0 aromatic rings. The third-order valence-corrected chi connectivity index (χ3v) is 3.15. The molecule has 0 aromatic heterocycles. The molecule has 0 aromatic carbocycles. The number of β-amino-alcohol motifs (C(OH)–C–C–N with tert-alkyl or cyclic N) is 1. The molecule has 0 bridgehead atoms. The van der Waals surface area contributed by atoms with Crippen LogP contribution in [-0.4, -0.2) is 71.5 Å². The van der Waals surface area contributed by atoms with Crippen molar-refractivity contribution in [2.24, 2.45) is 0 Å². The van der Waals surface area contributed by atoms with E-state index in [1.165, 1.54) is 12.8 Å². The standard InChI is InChI=1S/C10H20N2O2/c13-8-10(14)7-11-3-5-12(6-4-11)9-1-2-9/h9-10,13-14H,1-8H2. The second kappa shape index (κ2) is 4.57. The summed E-state index contributed by atoms with van der Waals surface area (Å²) in [5, 5.41) is 18.0. The van der Waals surface area contributed by atoms with Gasteiger partial charge in [-0.05, 0) is 12.8 Å². The first kappa shape index (κ1) is 10.4. The zero-order valence-corrected chi connectivity index (χ0v) is 8.60. The Labute approximate surface area is 85.1 Å². The monoisotopic (exact) mass is 200 g/mol. The number of aliphatic hydroxyl groups excluding tert-OH is 2. The predicted molar refractivity (Wildman–Crippen MR) is 54.1 cm³/mol. The van der Waals surface area contributed by atoms with Crippen molar-refractivity contribution in [1.29, 1.82) is 0 Å². The Morgan fingerprint density at radius 3 is 2.29 bits per heavy atom. The minimum absolute atomic E-state index is 0.122. The van der Waals surface area contributed by atoms with Gasteiger partial charge in [-0.3, -0.25) is 9.80 Å². The van der Waals surface area contributed by atoms with Crippen LogP contribution < -0.4 is 0 Å². The van der Waals surface area contributed by atoms with E-state index in [0.717, 1.165) is 32.2 Å². The van der Waals surface area contributed by atoms with Crippen LogP contribution in [0.3, 0.4) is 0 Å². The molecule has 2 fully saturated rings. The summed E-state index contributed by atoms with van der Waals surface area (Å²) >= 11 is 0. The van der Waals surface area contributed by atoms with Crippen LogP contribution in [0.4, 0.5) is 0 Å². The highest BCUT2D eigenvalue weighted by molar-refractivity contribution is 4.87. The molecule has 1 atom stereocenters. The average molecular weight is 200 g/mol. The van der Waals surface area contributed by atoms with E-state index in [-0.39, 0.29) is 6.61 Å². The molecule has 2 rings (SSSR count). The SMILES string of the molecule is OCC(O)CN1CCN(C2CC2)CC1. The normalized spacial score (nSPS) is 27.9. The van der Waals surface area contributed by atoms with Crippen molar-refractivity contribution in [3.05, 3.63) is 0 Å². The Bertz CT molecular complexity index is 177. The van der Waals surface area contributed by atoms with Gasteiger partial charge in [0.1, 0.15) is 0 Å². The minimum atomic E-state index is -0.567. The number of rotatable bonds is 4. The van der Waals surface area contributed by atoms with Gasteiger partial charge >= 0.3 is 0 Å². The molecular formula is C10H20N2O2. The van der Waals surface area contributed by atoms with E-state index in [4.69, 9.17) is 5.11 Å². The zero-order valence-electron chi connectivity index (χ0n) is 8.60. The molecule has 1 aliphatic heterocycles. The Kier molecular flexibility index (Phi) is 3.38. The van der Waals surface area contributed by atoms with Crippen LogP contribution in [0.5, 0.6) is 0 Å². The van der Waals surface area contributed by atoms with Crippen molar-refractivity contribution >= 4 is 0 Å². The first-order valence-electron chi connectivity index (χ1n) is 5.55. The molecule has 2 N–H and O–H groups in total. The molecule has 4 nitrogen and oxygen atoms in total. The van der Waals surface area contributed by atoms with E-state index >= 15 is 0 Å². The minimum Gasteiger partial charge on any atom is -0.394 e. The highest BCUT2D eigenvalue weighted by Gasteiger charge is 2.31. The summed E-state index contributed by atoms with van der Waals surface area (Å²) in [6, 6.07) is 0.861. The van der Waals surface area contributed by atoms with E-state index in [0.29, 0.717) is 6.54 Å². The van der Waals surface area contributed by atoms with Crippen LogP contribution >= 0.6 is 0 Å². The van der Waals surface area contributed by atoms with Gasteiger partial charge in [-0.25, -0.2) is 0 Å². The predicted octanol–water partition coefficient (Wildman–Crippen LogP) is -0.880. The van der Waals surface area contributed by atoms with Crippen LogP contribution in [0.1, 0.15) is 12.8 Å². The molecule has 4 heteroatoms. The van der Waals surface area contributed by atoms with Gasteiger partial charge in [-0.2, -0.15) is 0 Å². The number of hydrogen-bond donors (Lipinski definition) is 2. The molecule has 1 saturated carbocycles. The Morgan fingerprint density at radius 2 is 1.79 bits per heavy atom. The van der Waals surface area contributed by atoms with Gasteiger partial charge in [0.05, 0.1) is 12.7 Å². The first-order valence-corrected chi connectivity index (χ1v) is 5.55. The molecule has 2 aliphatic rings. The highest BCUT2D eigenvalue weighted by atomic mass is 16.3. The molecule has 0 radical (unpaired) electrons. The van der Waals surface area contributed by atoms with Crippen molar-refractivity contribution in [3.63, 3.8) is 0 Å². The number of aliphatic hydroxyl groups is 2. The van der Waals surface area contributed by atoms with E-state index in [1.54, 1.807) is 0 Å². The molecule has 1 saturated heterocycles. The van der Waals surface area contributed by atoms with Crippen molar-refractivity contribution in [2.45, 2.75) is 25.0 Å². The van der Waals surface area contributed by atoms with Gasteiger partial charge in [0.15, 0.2) is 0 Å². The summed E-state index contributed by atoms with van der Waals surface area (Å²) in [6.07, 6.45) is 2.18. The maximum absolute atomic E-state index is 9.29. The number of nitrogens with zero attached hydrogens (tertiary/aromatic N) is 2. The van der Waals surface area contributed by atoms with Crippen molar-refractivity contribution < 1.29 is 10.2 Å². The van der Waals surface area contributed by atoms with Crippen molar-refractivity contribution in [3.8, 4) is 0 Å². The lowest BCUT2D eigenvalue weighted by molar-refractivity contribution is 0.0382. The molecule has 0 amide bonds. The smallest absolute Gasteiger partial charge is 0.0897 e. The molecule has 1 unspecified atom stereocenters. The first-order chi connectivity index (χ1) is 6.79. The fraction of sp³-hybridized carbons (Fsp3) is 1.00. The molecular weight excluding hydrogens is 180 g/mol. The van der Waals surface area contributed by atoms with Crippen LogP contribution in [0.25, 0.3) is 0 Å². The van der Waals surface area contributed by atoms with Crippen LogP contribution in [0, 0.1) is 0 Å². The largest absolute Gasteiger partial charge is 0.394 e. The summed E-state index contributed by atoms with van der Waals surface area (Å²) in [7, 11) is 0. The number of piperazine rings is 1. The van der Waals surface area contributed by atoms with Crippen LogP contribution in [0.15, 0.2) is 0 Å². The topological polar surface area (TPSA) is 46.9 Å². The van der Waals surface area contributed by atoms with Crippen LogP contribution in [-0.2, 0) is 0 Å². The van der Waals surface area contributed by atoms with Gasteiger partial charge < -0.3 is 10.2 Å². The summed E-state index contributed by atoms with van der Waals surface area (Å²) in [4.78, 5) is 4.78.